The zero-order valence-corrected chi connectivity index (χ0v) is 13.7. The predicted octanol–water partition coefficient (Wildman–Crippen LogP) is 3.66. The van der Waals surface area contributed by atoms with Crippen LogP contribution < -0.4 is 10.6 Å². The smallest absolute Gasteiger partial charge is 0.319 e. The average molecular weight is 373 g/mol. The summed E-state index contributed by atoms with van der Waals surface area (Å²) in [5, 5.41) is 14.4. The van der Waals surface area contributed by atoms with Gasteiger partial charge in [-0.25, -0.2) is 9.18 Å². The predicted molar refractivity (Wildman–Crippen MR) is 84.4 cm³/mol. The van der Waals surface area contributed by atoms with Crippen LogP contribution in [-0.2, 0) is 4.79 Å². The molecule has 1 aliphatic rings. The Balaban J connectivity index is 1.89. The van der Waals surface area contributed by atoms with Gasteiger partial charge in [-0.1, -0.05) is 0 Å². The second-order valence-corrected chi connectivity index (χ2v) is 6.42. The summed E-state index contributed by atoms with van der Waals surface area (Å²) in [4.78, 5) is 22.9. The molecular weight excluding hydrogens is 355 g/mol. The minimum Gasteiger partial charge on any atom is -0.481 e. The van der Waals surface area contributed by atoms with Gasteiger partial charge in [-0.05, 0) is 66.2 Å². The van der Waals surface area contributed by atoms with Crippen molar-refractivity contribution in [1.82, 2.24) is 5.32 Å². The average Bonchev–Trinajstić information content (AvgIpc) is 2.45. The summed E-state index contributed by atoms with van der Waals surface area (Å²) >= 11 is 3.09. The second-order valence-electron chi connectivity index (χ2n) is 5.57. The lowest BCUT2D eigenvalue weighted by Crippen LogP contribution is -2.41. The third-order valence-electron chi connectivity index (χ3n) is 3.93. The zero-order chi connectivity index (χ0) is 16.3. The Morgan fingerprint density at radius 3 is 2.50 bits per heavy atom. The molecular formula is C15H18BrFN2O3. The van der Waals surface area contributed by atoms with Crippen LogP contribution in [-0.4, -0.2) is 23.1 Å². The number of aryl methyl sites for hydroxylation is 1. The summed E-state index contributed by atoms with van der Waals surface area (Å²) in [6.45, 7) is 1.78. The Kier molecular flexibility index (Phi) is 5.39. The summed E-state index contributed by atoms with van der Waals surface area (Å²) in [5.41, 5.74) is 1.16. The lowest BCUT2D eigenvalue weighted by molar-refractivity contribution is -0.142. The lowest BCUT2D eigenvalue weighted by atomic mass is 9.86. The third-order valence-corrected chi connectivity index (χ3v) is 4.53. The first-order chi connectivity index (χ1) is 10.4. The molecule has 0 unspecified atom stereocenters. The van der Waals surface area contributed by atoms with E-state index in [0.717, 1.165) is 5.56 Å². The summed E-state index contributed by atoms with van der Waals surface area (Å²) < 4.78 is 13.9. The molecule has 120 valence electrons. The van der Waals surface area contributed by atoms with Crippen LogP contribution in [0, 0.1) is 18.7 Å². The van der Waals surface area contributed by atoms with Crippen LogP contribution in [0.2, 0.25) is 0 Å². The summed E-state index contributed by atoms with van der Waals surface area (Å²) in [7, 11) is 0. The highest BCUT2D eigenvalue weighted by Crippen LogP contribution is 2.26. The molecule has 1 fully saturated rings. The van der Waals surface area contributed by atoms with Crippen LogP contribution in [0.4, 0.5) is 14.9 Å². The molecule has 0 heterocycles. The van der Waals surface area contributed by atoms with Gasteiger partial charge in [-0.2, -0.15) is 0 Å². The van der Waals surface area contributed by atoms with Gasteiger partial charge in [0.15, 0.2) is 0 Å². The van der Waals surface area contributed by atoms with E-state index < -0.39 is 17.8 Å². The number of nitrogens with one attached hydrogen (secondary N) is 2. The molecule has 0 aromatic heterocycles. The standard InChI is InChI=1S/C15H18BrFN2O3/c1-8-6-11(16)12(17)7-13(8)19-15(22)18-10-4-2-9(3-5-10)14(20)21/h6-7,9-10H,2-5H2,1H3,(H,20,21)(H2,18,19,22). The molecule has 0 radical (unpaired) electrons. The van der Waals surface area contributed by atoms with Crippen molar-refractivity contribution in [2.75, 3.05) is 5.32 Å². The second kappa shape index (κ2) is 7.09. The maximum Gasteiger partial charge on any atom is 0.319 e. The number of benzene rings is 1. The van der Waals surface area contributed by atoms with E-state index in [9.17, 15) is 14.0 Å². The summed E-state index contributed by atoms with van der Waals surface area (Å²) in [6, 6.07) is 2.42. The molecule has 0 aliphatic heterocycles. The summed E-state index contributed by atoms with van der Waals surface area (Å²) in [6.07, 6.45) is 2.40. The lowest BCUT2D eigenvalue weighted by Gasteiger charge is -2.27. The molecule has 0 saturated heterocycles. The highest BCUT2D eigenvalue weighted by atomic mass is 79.9. The number of hydrogen-bond acceptors (Lipinski definition) is 2. The maximum atomic E-state index is 13.5. The third kappa shape index (κ3) is 4.19. The van der Waals surface area contributed by atoms with Crippen LogP contribution in [0.25, 0.3) is 0 Å². The normalized spacial score (nSPS) is 21.2. The molecule has 5 nitrogen and oxygen atoms in total. The van der Waals surface area contributed by atoms with E-state index in [1.807, 2.05) is 0 Å². The number of rotatable bonds is 3. The molecule has 7 heteroatoms. The zero-order valence-electron chi connectivity index (χ0n) is 12.2. The van der Waals surface area contributed by atoms with Crippen molar-refractivity contribution in [1.29, 1.82) is 0 Å². The van der Waals surface area contributed by atoms with Crippen LogP contribution in [0.5, 0.6) is 0 Å². The number of hydrogen-bond donors (Lipinski definition) is 3. The maximum absolute atomic E-state index is 13.5. The number of halogens is 2. The molecule has 1 aromatic carbocycles. The highest BCUT2D eigenvalue weighted by Gasteiger charge is 2.26. The number of carboxylic acid groups (broad SMARTS) is 1. The van der Waals surface area contributed by atoms with Crippen LogP contribution in [0.15, 0.2) is 16.6 Å². The van der Waals surface area contributed by atoms with Gasteiger partial charge in [-0.3, -0.25) is 4.79 Å². The fourth-order valence-corrected chi connectivity index (χ4v) is 3.07. The van der Waals surface area contributed by atoms with E-state index in [0.29, 0.717) is 35.8 Å². The molecule has 1 saturated carbocycles. The molecule has 1 aromatic rings. The Hall–Kier alpha value is -1.63. The van der Waals surface area contributed by atoms with Crippen molar-refractivity contribution in [2.45, 2.75) is 38.6 Å². The molecule has 3 N–H and O–H groups in total. The molecule has 22 heavy (non-hydrogen) atoms. The van der Waals surface area contributed by atoms with Gasteiger partial charge in [-0.15, -0.1) is 0 Å². The van der Waals surface area contributed by atoms with Gasteiger partial charge in [0.2, 0.25) is 0 Å². The number of anilines is 1. The van der Waals surface area contributed by atoms with Crippen LogP contribution in [0.3, 0.4) is 0 Å². The van der Waals surface area contributed by atoms with Crippen molar-refractivity contribution in [3.63, 3.8) is 0 Å². The van der Waals surface area contributed by atoms with Gasteiger partial charge in [0.1, 0.15) is 5.82 Å². The van der Waals surface area contributed by atoms with E-state index in [4.69, 9.17) is 5.11 Å². The van der Waals surface area contributed by atoms with Gasteiger partial charge in [0, 0.05) is 11.7 Å². The number of amides is 2. The van der Waals surface area contributed by atoms with E-state index >= 15 is 0 Å². The van der Waals surface area contributed by atoms with Crippen molar-refractivity contribution in [3.05, 3.63) is 28.0 Å². The topological polar surface area (TPSA) is 78.4 Å². The minimum atomic E-state index is -0.774. The molecule has 0 atom stereocenters. The van der Waals surface area contributed by atoms with E-state index in [1.165, 1.54) is 6.07 Å². The van der Waals surface area contributed by atoms with Crippen LogP contribution in [0.1, 0.15) is 31.2 Å². The molecule has 0 spiro atoms. The fourth-order valence-electron chi connectivity index (χ4n) is 2.61. The van der Waals surface area contributed by atoms with Gasteiger partial charge >= 0.3 is 12.0 Å². The molecule has 1 aliphatic carbocycles. The van der Waals surface area contributed by atoms with Crippen molar-refractivity contribution in [2.24, 2.45) is 5.92 Å². The largest absolute Gasteiger partial charge is 0.481 e. The number of carboxylic acids is 1. The number of urea groups is 1. The van der Waals surface area contributed by atoms with Gasteiger partial charge < -0.3 is 15.7 Å². The Morgan fingerprint density at radius 2 is 1.91 bits per heavy atom. The summed E-state index contributed by atoms with van der Waals surface area (Å²) in [5.74, 6) is -1.53. The quantitative estimate of drug-likeness (QED) is 0.757. The van der Waals surface area contributed by atoms with E-state index in [1.54, 1.807) is 13.0 Å². The van der Waals surface area contributed by atoms with Crippen LogP contribution >= 0.6 is 15.9 Å². The van der Waals surface area contributed by atoms with Gasteiger partial charge in [0.05, 0.1) is 10.4 Å². The molecule has 0 bridgehead atoms. The first-order valence-electron chi connectivity index (χ1n) is 7.12. The Morgan fingerprint density at radius 1 is 1.27 bits per heavy atom. The van der Waals surface area contributed by atoms with Crippen molar-refractivity contribution >= 4 is 33.6 Å². The SMILES string of the molecule is Cc1cc(Br)c(F)cc1NC(=O)NC1CCC(C(=O)O)CC1. The number of carbonyl (C=O) groups is 2. The minimum absolute atomic E-state index is 0.0452. The molecule has 2 amide bonds. The molecule has 2 rings (SSSR count). The number of aliphatic carboxylic acids is 1. The first-order valence-corrected chi connectivity index (χ1v) is 7.92. The Bertz CT molecular complexity index is 586. The van der Waals surface area contributed by atoms with E-state index in [2.05, 4.69) is 26.6 Å². The monoisotopic (exact) mass is 372 g/mol. The van der Waals surface area contributed by atoms with E-state index in [-0.39, 0.29) is 12.0 Å². The number of carbonyl (C=O) groups excluding carboxylic acids is 1. The Labute approximate surface area is 136 Å². The highest BCUT2D eigenvalue weighted by molar-refractivity contribution is 9.10. The first kappa shape index (κ1) is 16.7. The van der Waals surface area contributed by atoms with Gasteiger partial charge in [0.25, 0.3) is 0 Å². The van der Waals surface area contributed by atoms with Crippen molar-refractivity contribution < 1.29 is 19.1 Å². The van der Waals surface area contributed by atoms with Crippen molar-refractivity contribution in [3.8, 4) is 0 Å². The fraction of sp³-hybridized carbons (Fsp3) is 0.467.